The van der Waals surface area contributed by atoms with Gasteiger partial charge in [0.1, 0.15) is 0 Å². The van der Waals surface area contributed by atoms with Gasteiger partial charge in [-0.05, 0) is 47.3 Å². The number of rotatable bonds is 4. The summed E-state index contributed by atoms with van der Waals surface area (Å²) >= 11 is 0. The maximum Gasteiger partial charge on any atom is 0.244 e. The van der Waals surface area contributed by atoms with Gasteiger partial charge < -0.3 is 14.8 Å². The monoisotopic (exact) mass is 369 g/mol. The number of carbonyl (C=O) groups excluding carboxylic acids is 1. The van der Waals surface area contributed by atoms with E-state index in [1.807, 2.05) is 30.4 Å². The van der Waals surface area contributed by atoms with Gasteiger partial charge in [0.2, 0.25) is 12.7 Å². The summed E-state index contributed by atoms with van der Waals surface area (Å²) in [6.45, 7) is 11.8. The third kappa shape index (κ3) is 4.20. The number of amides is 1. The van der Waals surface area contributed by atoms with Crippen molar-refractivity contribution in [2.24, 2.45) is 23.2 Å². The van der Waals surface area contributed by atoms with E-state index >= 15 is 0 Å². The summed E-state index contributed by atoms with van der Waals surface area (Å²) < 4.78 is 10.7. The highest BCUT2D eigenvalue weighted by Crippen LogP contribution is 2.47. The Morgan fingerprint density at radius 3 is 2.67 bits per heavy atom. The number of ether oxygens (including phenoxy) is 2. The molecule has 4 nitrogen and oxygen atoms in total. The summed E-state index contributed by atoms with van der Waals surface area (Å²) in [6.07, 6.45) is 8.23. The van der Waals surface area contributed by atoms with E-state index in [1.54, 1.807) is 12.2 Å². The van der Waals surface area contributed by atoms with Crippen LogP contribution in [0.1, 0.15) is 46.6 Å². The molecule has 0 bridgehead atoms. The van der Waals surface area contributed by atoms with Crippen LogP contribution in [0.5, 0.6) is 11.5 Å². The van der Waals surface area contributed by atoms with Crippen molar-refractivity contribution in [3.63, 3.8) is 0 Å². The maximum absolute atomic E-state index is 12.3. The van der Waals surface area contributed by atoms with Gasteiger partial charge >= 0.3 is 0 Å². The van der Waals surface area contributed by atoms with Crippen molar-refractivity contribution in [3.8, 4) is 11.5 Å². The maximum atomic E-state index is 12.3. The molecule has 1 heterocycles. The molecule has 1 aromatic carbocycles. The number of hydrogen-bond acceptors (Lipinski definition) is 3. The van der Waals surface area contributed by atoms with Crippen LogP contribution >= 0.6 is 0 Å². The molecule has 0 saturated heterocycles. The Kier molecular flexibility index (Phi) is 5.64. The van der Waals surface area contributed by atoms with E-state index in [-0.39, 0.29) is 18.7 Å². The molecule has 1 aliphatic heterocycles. The average molecular weight is 370 g/mol. The highest BCUT2D eigenvalue weighted by Gasteiger charge is 2.43. The summed E-state index contributed by atoms with van der Waals surface area (Å²) in [5.41, 5.74) is 1.32. The Labute approximate surface area is 162 Å². The van der Waals surface area contributed by atoms with Crippen molar-refractivity contribution in [3.05, 3.63) is 42.0 Å². The second kappa shape index (κ2) is 7.79. The molecule has 0 radical (unpaired) electrons. The van der Waals surface area contributed by atoms with Crippen molar-refractivity contribution < 1.29 is 14.3 Å². The quantitative estimate of drug-likeness (QED) is 0.612. The molecule has 3 rings (SSSR count). The first-order valence-corrected chi connectivity index (χ1v) is 9.84. The Balaban J connectivity index is 1.54. The molecule has 1 saturated carbocycles. The molecule has 0 aromatic heterocycles. The summed E-state index contributed by atoms with van der Waals surface area (Å²) in [4.78, 5) is 12.3. The predicted octanol–water partition coefficient (Wildman–Crippen LogP) is 4.81. The highest BCUT2D eigenvalue weighted by atomic mass is 16.7. The first kappa shape index (κ1) is 19.5. The molecule has 0 unspecified atom stereocenters. The van der Waals surface area contributed by atoms with Crippen molar-refractivity contribution in [2.45, 2.75) is 47.1 Å². The van der Waals surface area contributed by atoms with E-state index in [4.69, 9.17) is 9.47 Å². The van der Waals surface area contributed by atoms with Gasteiger partial charge in [0.25, 0.3) is 0 Å². The van der Waals surface area contributed by atoms with Crippen LogP contribution < -0.4 is 14.8 Å². The number of hydrogen-bond donors (Lipinski definition) is 1. The van der Waals surface area contributed by atoms with Crippen LogP contribution in [-0.2, 0) is 4.79 Å². The lowest BCUT2D eigenvalue weighted by molar-refractivity contribution is -0.118. The molecular weight excluding hydrogens is 338 g/mol. The van der Waals surface area contributed by atoms with E-state index < -0.39 is 0 Å². The van der Waals surface area contributed by atoms with Crippen molar-refractivity contribution in [2.75, 3.05) is 6.79 Å². The molecule has 1 amide bonds. The fraction of sp³-hybridized carbons (Fsp3) is 0.522. The van der Waals surface area contributed by atoms with E-state index in [0.717, 1.165) is 23.5 Å². The molecule has 4 atom stereocenters. The summed E-state index contributed by atoms with van der Waals surface area (Å²) in [6, 6.07) is 6.03. The number of allylic oxidation sites excluding steroid dienone is 2. The average Bonchev–Trinajstić information content (AvgIpc) is 3.10. The smallest absolute Gasteiger partial charge is 0.244 e. The third-order valence-corrected chi connectivity index (χ3v) is 6.85. The van der Waals surface area contributed by atoms with E-state index in [2.05, 4.69) is 39.9 Å². The van der Waals surface area contributed by atoms with Gasteiger partial charge in [-0.3, -0.25) is 4.79 Å². The van der Waals surface area contributed by atoms with Crippen LogP contribution in [0.25, 0.3) is 6.08 Å². The molecule has 2 aliphatic rings. The summed E-state index contributed by atoms with van der Waals surface area (Å²) in [5.74, 6) is 3.14. The summed E-state index contributed by atoms with van der Waals surface area (Å²) in [5, 5.41) is 3.20. The standard InChI is InChI=1S/C23H31NO3/c1-15-12-19(16(2)17(3)23(15,4)5)24-22(25)9-7-6-8-18-10-11-20-21(13-18)27-14-26-20/h6-11,13,15-17,19H,12,14H2,1-5H3,(H,24,25)/b8-6+,9-7+/t15-,16+,17+,19+/m0/s1. The highest BCUT2D eigenvalue weighted by molar-refractivity contribution is 5.88. The van der Waals surface area contributed by atoms with Crippen LogP contribution in [-0.4, -0.2) is 18.7 Å². The summed E-state index contributed by atoms with van der Waals surface area (Å²) in [7, 11) is 0. The zero-order valence-electron chi connectivity index (χ0n) is 17.0. The van der Waals surface area contributed by atoms with Crippen molar-refractivity contribution in [1.29, 1.82) is 0 Å². The molecule has 1 aromatic rings. The lowest BCUT2D eigenvalue weighted by atomic mass is 9.58. The fourth-order valence-electron chi connectivity index (χ4n) is 4.12. The zero-order chi connectivity index (χ0) is 19.6. The van der Waals surface area contributed by atoms with Gasteiger partial charge in [0, 0.05) is 12.1 Å². The SMILES string of the molecule is C[C@@H]1[C@@H](C)C(C)(C)[C@@H](C)C[C@H]1NC(=O)/C=C/C=C/c1ccc2c(c1)OCO2. The lowest BCUT2D eigenvalue weighted by Gasteiger charge is -2.49. The lowest BCUT2D eigenvalue weighted by Crippen LogP contribution is -2.51. The van der Waals surface area contributed by atoms with Crippen molar-refractivity contribution >= 4 is 12.0 Å². The van der Waals surface area contributed by atoms with Gasteiger partial charge in [0.15, 0.2) is 11.5 Å². The van der Waals surface area contributed by atoms with Crippen LogP contribution in [0.3, 0.4) is 0 Å². The van der Waals surface area contributed by atoms with E-state index in [1.165, 1.54) is 0 Å². The minimum absolute atomic E-state index is 0.0266. The number of carbonyl (C=O) groups is 1. The number of nitrogens with one attached hydrogen (secondary N) is 1. The minimum atomic E-state index is -0.0266. The van der Waals surface area contributed by atoms with E-state index in [0.29, 0.717) is 23.2 Å². The van der Waals surface area contributed by atoms with E-state index in [9.17, 15) is 4.79 Å². The second-order valence-electron chi connectivity index (χ2n) is 8.55. The first-order valence-electron chi connectivity index (χ1n) is 9.84. The Hall–Kier alpha value is -2.23. The fourth-order valence-corrected chi connectivity index (χ4v) is 4.12. The Bertz CT molecular complexity index is 750. The second-order valence-corrected chi connectivity index (χ2v) is 8.55. The first-order chi connectivity index (χ1) is 12.8. The minimum Gasteiger partial charge on any atom is -0.454 e. The Morgan fingerprint density at radius 1 is 1.15 bits per heavy atom. The van der Waals surface area contributed by atoms with Gasteiger partial charge in [-0.2, -0.15) is 0 Å². The third-order valence-electron chi connectivity index (χ3n) is 6.85. The predicted molar refractivity (Wildman–Crippen MR) is 109 cm³/mol. The molecule has 1 N–H and O–H groups in total. The largest absolute Gasteiger partial charge is 0.454 e. The zero-order valence-corrected chi connectivity index (χ0v) is 17.0. The molecule has 1 aliphatic carbocycles. The van der Waals surface area contributed by atoms with Gasteiger partial charge in [0.05, 0.1) is 0 Å². The van der Waals surface area contributed by atoms with Crippen LogP contribution in [0.4, 0.5) is 0 Å². The molecule has 0 spiro atoms. The van der Waals surface area contributed by atoms with Crippen LogP contribution in [0.2, 0.25) is 0 Å². The van der Waals surface area contributed by atoms with Gasteiger partial charge in [-0.1, -0.05) is 58.9 Å². The number of benzene rings is 1. The van der Waals surface area contributed by atoms with Crippen LogP contribution in [0.15, 0.2) is 36.4 Å². The normalized spacial score (nSPS) is 29.4. The molecule has 27 heavy (non-hydrogen) atoms. The molecule has 146 valence electrons. The topological polar surface area (TPSA) is 47.6 Å². The molecular formula is C23H31NO3. The van der Waals surface area contributed by atoms with Crippen LogP contribution in [0, 0.1) is 23.2 Å². The number of fused-ring (bicyclic) bond motifs is 1. The molecule has 4 heteroatoms. The van der Waals surface area contributed by atoms with Crippen molar-refractivity contribution in [1.82, 2.24) is 5.32 Å². The van der Waals surface area contributed by atoms with Gasteiger partial charge in [-0.25, -0.2) is 0 Å². The molecule has 1 fully saturated rings. The van der Waals surface area contributed by atoms with Gasteiger partial charge in [-0.15, -0.1) is 0 Å². The Morgan fingerprint density at radius 2 is 1.89 bits per heavy atom.